The molecule has 1 aromatic carbocycles. The maximum Gasteiger partial charge on any atom is 0.260 e. The Kier molecular flexibility index (Phi) is 6.11. The zero-order valence-corrected chi connectivity index (χ0v) is 18.2. The smallest absolute Gasteiger partial charge is 0.260 e. The van der Waals surface area contributed by atoms with Crippen LogP contribution in [-0.2, 0) is 4.79 Å². The summed E-state index contributed by atoms with van der Waals surface area (Å²) in [5.74, 6) is 1.65. The maximum atomic E-state index is 12.7. The van der Waals surface area contributed by atoms with Gasteiger partial charge in [-0.2, -0.15) is 0 Å². The summed E-state index contributed by atoms with van der Waals surface area (Å²) in [6.45, 7) is 8.87. The number of carbonyl (C=O) groups excluding carboxylic acids is 1. The van der Waals surface area contributed by atoms with Crippen molar-refractivity contribution in [2.75, 3.05) is 37.7 Å². The van der Waals surface area contributed by atoms with E-state index in [-0.39, 0.29) is 12.5 Å². The zero-order valence-electron chi connectivity index (χ0n) is 18.2. The number of rotatable bonds is 5. The monoisotopic (exact) mass is 417 g/mol. The summed E-state index contributed by atoms with van der Waals surface area (Å²) < 4.78 is 5.87. The third-order valence-electron chi connectivity index (χ3n) is 5.53. The van der Waals surface area contributed by atoms with Gasteiger partial charge in [0.2, 0.25) is 0 Å². The second kappa shape index (κ2) is 9.12. The number of benzene rings is 1. The summed E-state index contributed by atoms with van der Waals surface area (Å²) in [6.07, 6.45) is 3.48. The van der Waals surface area contributed by atoms with Gasteiger partial charge in [0.25, 0.3) is 5.91 Å². The van der Waals surface area contributed by atoms with E-state index < -0.39 is 0 Å². The van der Waals surface area contributed by atoms with Gasteiger partial charge in [-0.1, -0.05) is 17.7 Å². The van der Waals surface area contributed by atoms with Crippen LogP contribution in [0.25, 0.3) is 11.3 Å². The topological polar surface area (TPSA) is 71.5 Å². The van der Waals surface area contributed by atoms with Gasteiger partial charge in [-0.05, 0) is 56.2 Å². The molecule has 1 aliphatic rings. The SMILES string of the molecule is Cc1cc(C)c(OCC(=O)N2CCN(c3ccc(-c4ccncc4)nn3)CC2)c(C)c1. The summed E-state index contributed by atoms with van der Waals surface area (Å²) in [4.78, 5) is 20.7. The minimum Gasteiger partial charge on any atom is -0.483 e. The Morgan fingerprint density at radius 3 is 2.23 bits per heavy atom. The second-order valence-corrected chi connectivity index (χ2v) is 7.90. The van der Waals surface area contributed by atoms with Crippen LogP contribution in [0.4, 0.5) is 5.82 Å². The summed E-state index contributed by atoms with van der Waals surface area (Å²) in [6, 6.07) is 11.9. The molecule has 0 atom stereocenters. The molecule has 160 valence electrons. The molecular formula is C24H27N5O2. The Morgan fingerprint density at radius 2 is 1.61 bits per heavy atom. The molecular weight excluding hydrogens is 390 g/mol. The summed E-state index contributed by atoms with van der Waals surface area (Å²) in [7, 11) is 0. The molecule has 7 heteroatoms. The standard InChI is InChI=1S/C24H27N5O2/c1-17-14-18(2)24(19(3)15-17)31-16-23(30)29-12-10-28(11-13-29)22-5-4-21(26-27-22)20-6-8-25-9-7-20/h4-9,14-15H,10-13,16H2,1-3H3. The summed E-state index contributed by atoms with van der Waals surface area (Å²) >= 11 is 0. The van der Waals surface area contributed by atoms with Crippen molar-refractivity contribution in [1.82, 2.24) is 20.1 Å². The van der Waals surface area contributed by atoms with Gasteiger partial charge >= 0.3 is 0 Å². The van der Waals surface area contributed by atoms with E-state index in [1.165, 1.54) is 5.56 Å². The minimum atomic E-state index is 0.0122. The fourth-order valence-corrected chi connectivity index (χ4v) is 3.98. The average molecular weight is 418 g/mol. The first-order valence-corrected chi connectivity index (χ1v) is 10.5. The number of aryl methyl sites for hydroxylation is 3. The zero-order chi connectivity index (χ0) is 21.8. The lowest BCUT2D eigenvalue weighted by molar-refractivity contribution is -0.133. The first-order valence-electron chi connectivity index (χ1n) is 10.5. The highest BCUT2D eigenvalue weighted by Gasteiger charge is 2.23. The van der Waals surface area contributed by atoms with Crippen LogP contribution in [0.1, 0.15) is 16.7 Å². The number of nitrogens with zero attached hydrogens (tertiary/aromatic N) is 5. The Hall–Kier alpha value is -3.48. The quantitative estimate of drug-likeness (QED) is 0.635. The molecule has 0 N–H and O–H groups in total. The Morgan fingerprint density at radius 1 is 0.935 bits per heavy atom. The number of amides is 1. The molecule has 0 saturated carbocycles. The maximum absolute atomic E-state index is 12.7. The molecule has 1 saturated heterocycles. The van der Waals surface area contributed by atoms with E-state index in [0.717, 1.165) is 47.0 Å². The van der Waals surface area contributed by atoms with Crippen molar-refractivity contribution in [2.45, 2.75) is 20.8 Å². The molecule has 1 amide bonds. The van der Waals surface area contributed by atoms with Crippen molar-refractivity contribution in [3.05, 3.63) is 65.5 Å². The number of ether oxygens (including phenoxy) is 1. The molecule has 4 rings (SSSR count). The number of aromatic nitrogens is 3. The highest BCUT2D eigenvalue weighted by molar-refractivity contribution is 5.78. The van der Waals surface area contributed by atoms with Crippen LogP contribution < -0.4 is 9.64 Å². The van der Waals surface area contributed by atoms with E-state index in [4.69, 9.17) is 4.74 Å². The van der Waals surface area contributed by atoms with Gasteiger partial charge in [0, 0.05) is 44.1 Å². The second-order valence-electron chi connectivity index (χ2n) is 7.90. The summed E-state index contributed by atoms with van der Waals surface area (Å²) in [5.41, 5.74) is 5.12. The first-order chi connectivity index (χ1) is 15.0. The van der Waals surface area contributed by atoms with Gasteiger partial charge in [0.05, 0.1) is 5.69 Å². The first kappa shape index (κ1) is 20.8. The molecule has 0 unspecified atom stereocenters. The van der Waals surface area contributed by atoms with E-state index in [1.807, 2.05) is 43.0 Å². The van der Waals surface area contributed by atoms with Crippen LogP contribution in [0.5, 0.6) is 5.75 Å². The highest BCUT2D eigenvalue weighted by atomic mass is 16.5. The van der Waals surface area contributed by atoms with Gasteiger partial charge in [-0.15, -0.1) is 10.2 Å². The van der Waals surface area contributed by atoms with Crippen molar-refractivity contribution in [2.24, 2.45) is 0 Å². The van der Waals surface area contributed by atoms with Crippen LogP contribution in [-0.4, -0.2) is 58.8 Å². The largest absolute Gasteiger partial charge is 0.483 e. The fraction of sp³-hybridized carbons (Fsp3) is 0.333. The third-order valence-corrected chi connectivity index (χ3v) is 5.53. The predicted octanol–water partition coefficient (Wildman–Crippen LogP) is 3.19. The highest BCUT2D eigenvalue weighted by Crippen LogP contribution is 2.24. The van der Waals surface area contributed by atoms with Gasteiger partial charge in [0.15, 0.2) is 12.4 Å². The lowest BCUT2D eigenvalue weighted by Gasteiger charge is -2.35. The van der Waals surface area contributed by atoms with Crippen molar-refractivity contribution < 1.29 is 9.53 Å². The van der Waals surface area contributed by atoms with Crippen molar-refractivity contribution >= 4 is 11.7 Å². The molecule has 0 bridgehead atoms. The Labute approximate surface area is 182 Å². The minimum absolute atomic E-state index is 0.0122. The lowest BCUT2D eigenvalue weighted by Crippen LogP contribution is -2.50. The fourth-order valence-electron chi connectivity index (χ4n) is 3.98. The van der Waals surface area contributed by atoms with Crippen LogP contribution in [0.15, 0.2) is 48.8 Å². The number of pyridine rings is 1. The van der Waals surface area contributed by atoms with Gasteiger partial charge in [-0.25, -0.2) is 0 Å². The molecule has 0 radical (unpaired) electrons. The molecule has 1 aliphatic heterocycles. The van der Waals surface area contributed by atoms with E-state index in [2.05, 4.69) is 39.1 Å². The molecule has 2 aromatic heterocycles. The average Bonchev–Trinajstić information content (AvgIpc) is 2.79. The normalized spacial score (nSPS) is 13.9. The lowest BCUT2D eigenvalue weighted by atomic mass is 10.1. The Balaban J connectivity index is 1.31. The predicted molar refractivity (Wildman–Crippen MR) is 120 cm³/mol. The number of hydrogen-bond acceptors (Lipinski definition) is 6. The number of anilines is 1. The van der Waals surface area contributed by atoms with Crippen molar-refractivity contribution in [3.63, 3.8) is 0 Å². The van der Waals surface area contributed by atoms with E-state index in [1.54, 1.807) is 12.4 Å². The van der Waals surface area contributed by atoms with Gasteiger partial charge in [0.1, 0.15) is 5.75 Å². The van der Waals surface area contributed by atoms with Crippen molar-refractivity contribution in [3.8, 4) is 17.0 Å². The van der Waals surface area contributed by atoms with E-state index >= 15 is 0 Å². The van der Waals surface area contributed by atoms with Gasteiger partial charge in [-0.3, -0.25) is 9.78 Å². The van der Waals surface area contributed by atoms with E-state index in [0.29, 0.717) is 13.1 Å². The Bertz CT molecular complexity index is 1020. The molecule has 31 heavy (non-hydrogen) atoms. The number of hydrogen-bond donors (Lipinski definition) is 0. The number of carbonyl (C=O) groups is 1. The van der Waals surface area contributed by atoms with E-state index in [9.17, 15) is 4.79 Å². The molecule has 7 nitrogen and oxygen atoms in total. The third kappa shape index (κ3) is 4.82. The number of piperazine rings is 1. The molecule has 0 spiro atoms. The van der Waals surface area contributed by atoms with Crippen molar-refractivity contribution in [1.29, 1.82) is 0 Å². The van der Waals surface area contributed by atoms with Crippen LogP contribution in [0.3, 0.4) is 0 Å². The summed E-state index contributed by atoms with van der Waals surface area (Å²) in [5, 5.41) is 8.72. The molecule has 1 fully saturated rings. The molecule has 3 aromatic rings. The molecule has 3 heterocycles. The van der Waals surface area contributed by atoms with Gasteiger partial charge < -0.3 is 14.5 Å². The molecule has 0 aliphatic carbocycles. The van der Waals surface area contributed by atoms with Crippen LogP contribution in [0, 0.1) is 20.8 Å². The van der Waals surface area contributed by atoms with Crippen LogP contribution in [0.2, 0.25) is 0 Å². The van der Waals surface area contributed by atoms with Crippen LogP contribution >= 0.6 is 0 Å².